The van der Waals surface area contributed by atoms with Gasteiger partial charge in [-0.05, 0) is 37.3 Å². The third kappa shape index (κ3) is 4.80. The lowest BCUT2D eigenvalue weighted by Crippen LogP contribution is -2.33. The van der Waals surface area contributed by atoms with Gasteiger partial charge < -0.3 is 4.74 Å². The predicted molar refractivity (Wildman–Crippen MR) is 78.8 cm³/mol. The largest absolute Gasteiger partial charge is 0.492 e. The smallest absolute Gasteiger partial charge is 0.137 e. The lowest BCUT2D eigenvalue weighted by Gasteiger charge is -2.26. The lowest BCUT2D eigenvalue weighted by molar-refractivity contribution is 0.313. The monoisotopic (exact) mass is 265 g/mol. The summed E-state index contributed by atoms with van der Waals surface area (Å²) in [5, 5.41) is 0. The maximum Gasteiger partial charge on any atom is 0.137 e. The number of hydrogen-bond donors (Lipinski definition) is 2. The molecule has 0 aliphatic heterocycles. The Kier molecular flexibility index (Phi) is 7.45. The van der Waals surface area contributed by atoms with E-state index in [1.54, 1.807) is 6.20 Å². The summed E-state index contributed by atoms with van der Waals surface area (Å²) in [7, 11) is 0. The molecular formula is C15H27N3O. The van der Waals surface area contributed by atoms with Gasteiger partial charge in [0.15, 0.2) is 0 Å². The zero-order chi connectivity index (χ0) is 14.1. The summed E-state index contributed by atoms with van der Waals surface area (Å²) in [5.41, 5.74) is 4.07. The van der Waals surface area contributed by atoms with Gasteiger partial charge in [-0.15, -0.1) is 0 Å². The van der Waals surface area contributed by atoms with Crippen LogP contribution in [-0.4, -0.2) is 11.6 Å². The second-order valence-electron chi connectivity index (χ2n) is 4.87. The molecule has 0 radical (unpaired) electrons. The summed E-state index contributed by atoms with van der Waals surface area (Å²) >= 11 is 0. The van der Waals surface area contributed by atoms with Crippen molar-refractivity contribution in [3.8, 4) is 5.75 Å². The summed E-state index contributed by atoms with van der Waals surface area (Å²) in [6, 6.07) is 2.19. The minimum Gasteiger partial charge on any atom is -0.492 e. The van der Waals surface area contributed by atoms with Crippen molar-refractivity contribution in [2.75, 3.05) is 6.61 Å². The highest BCUT2D eigenvalue weighted by molar-refractivity contribution is 5.26. The van der Waals surface area contributed by atoms with Crippen LogP contribution in [0.5, 0.6) is 5.75 Å². The fourth-order valence-electron chi connectivity index (χ4n) is 2.58. The number of rotatable bonds is 9. The standard InChI is InChI=1S/C15H27N3O/c1-4-7-12(8-5-2)15(18-16)13-9-14(19-6-3)11-17-10-13/h9-12,15,18H,4-8,16H2,1-3H3. The minimum atomic E-state index is 0.146. The van der Waals surface area contributed by atoms with Gasteiger partial charge in [0.25, 0.3) is 0 Å². The van der Waals surface area contributed by atoms with Crippen LogP contribution in [0, 0.1) is 5.92 Å². The molecule has 1 atom stereocenters. The predicted octanol–water partition coefficient (Wildman–Crippen LogP) is 3.20. The summed E-state index contributed by atoms with van der Waals surface area (Å²) < 4.78 is 5.51. The number of aromatic nitrogens is 1. The Morgan fingerprint density at radius 3 is 2.42 bits per heavy atom. The van der Waals surface area contributed by atoms with Crippen LogP contribution in [0.15, 0.2) is 18.5 Å². The Hall–Kier alpha value is -1.13. The summed E-state index contributed by atoms with van der Waals surface area (Å²) in [6.45, 7) is 7.05. The van der Waals surface area contributed by atoms with Gasteiger partial charge in [0.05, 0.1) is 18.8 Å². The first-order chi connectivity index (χ1) is 9.26. The zero-order valence-electron chi connectivity index (χ0n) is 12.4. The average Bonchev–Trinajstić information content (AvgIpc) is 2.41. The SMILES string of the molecule is CCCC(CCC)C(NN)c1cncc(OCC)c1. The Balaban J connectivity index is 2.89. The van der Waals surface area contributed by atoms with Crippen molar-refractivity contribution in [1.29, 1.82) is 0 Å². The molecule has 1 heterocycles. The Morgan fingerprint density at radius 2 is 1.89 bits per heavy atom. The van der Waals surface area contributed by atoms with Crippen LogP contribution in [-0.2, 0) is 0 Å². The number of hydrogen-bond acceptors (Lipinski definition) is 4. The quantitative estimate of drug-likeness (QED) is 0.532. The number of nitrogens with one attached hydrogen (secondary N) is 1. The van der Waals surface area contributed by atoms with Gasteiger partial charge in [0.1, 0.15) is 5.75 Å². The van der Waals surface area contributed by atoms with Gasteiger partial charge in [-0.2, -0.15) is 0 Å². The van der Waals surface area contributed by atoms with E-state index in [1.807, 2.05) is 19.2 Å². The first-order valence-corrected chi connectivity index (χ1v) is 7.30. The lowest BCUT2D eigenvalue weighted by atomic mass is 9.87. The highest BCUT2D eigenvalue weighted by atomic mass is 16.5. The van der Waals surface area contributed by atoms with Gasteiger partial charge in [-0.3, -0.25) is 16.3 Å². The molecule has 1 rings (SSSR count). The van der Waals surface area contributed by atoms with Crippen molar-refractivity contribution < 1.29 is 4.74 Å². The highest BCUT2D eigenvalue weighted by Crippen LogP contribution is 2.30. The van der Waals surface area contributed by atoms with Crippen molar-refractivity contribution in [2.24, 2.45) is 11.8 Å². The first kappa shape index (κ1) is 15.9. The second kappa shape index (κ2) is 8.88. The fourth-order valence-corrected chi connectivity index (χ4v) is 2.58. The van der Waals surface area contributed by atoms with E-state index < -0.39 is 0 Å². The molecule has 3 N–H and O–H groups in total. The van der Waals surface area contributed by atoms with Crippen LogP contribution in [0.3, 0.4) is 0 Å². The van der Waals surface area contributed by atoms with Crippen molar-refractivity contribution in [1.82, 2.24) is 10.4 Å². The van der Waals surface area contributed by atoms with E-state index in [2.05, 4.69) is 24.3 Å². The van der Waals surface area contributed by atoms with E-state index in [1.165, 1.54) is 25.7 Å². The molecule has 0 aromatic carbocycles. The molecule has 1 aromatic heterocycles. The second-order valence-corrected chi connectivity index (χ2v) is 4.87. The van der Waals surface area contributed by atoms with Gasteiger partial charge in [-0.1, -0.05) is 26.7 Å². The molecule has 1 unspecified atom stereocenters. The Bertz CT molecular complexity index is 351. The van der Waals surface area contributed by atoms with E-state index in [4.69, 9.17) is 10.6 Å². The third-order valence-corrected chi connectivity index (χ3v) is 3.37. The Labute approximate surface area is 116 Å². The Morgan fingerprint density at radius 1 is 1.21 bits per heavy atom. The number of pyridine rings is 1. The zero-order valence-corrected chi connectivity index (χ0v) is 12.4. The third-order valence-electron chi connectivity index (χ3n) is 3.37. The minimum absolute atomic E-state index is 0.146. The van der Waals surface area contributed by atoms with Crippen molar-refractivity contribution in [2.45, 2.75) is 52.5 Å². The average molecular weight is 265 g/mol. The van der Waals surface area contributed by atoms with Gasteiger partial charge in [-0.25, -0.2) is 0 Å². The molecule has 108 valence electrons. The van der Waals surface area contributed by atoms with E-state index >= 15 is 0 Å². The fraction of sp³-hybridized carbons (Fsp3) is 0.667. The molecule has 0 saturated heterocycles. The maximum atomic E-state index is 5.77. The maximum absolute atomic E-state index is 5.77. The molecule has 1 aromatic rings. The number of nitrogens with zero attached hydrogens (tertiary/aromatic N) is 1. The van der Waals surface area contributed by atoms with Gasteiger partial charge >= 0.3 is 0 Å². The number of nitrogens with two attached hydrogens (primary N) is 1. The molecule has 0 bridgehead atoms. The molecule has 0 spiro atoms. The van der Waals surface area contributed by atoms with Crippen LogP contribution in [0.1, 0.15) is 58.1 Å². The van der Waals surface area contributed by atoms with E-state index in [9.17, 15) is 0 Å². The van der Waals surface area contributed by atoms with Crippen molar-refractivity contribution in [3.05, 3.63) is 24.0 Å². The summed E-state index contributed by atoms with van der Waals surface area (Å²) in [4.78, 5) is 4.25. The van der Waals surface area contributed by atoms with Crippen molar-refractivity contribution >= 4 is 0 Å². The topological polar surface area (TPSA) is 60.2 Å². The van der Waals surface area contributed by atoms with Crippen LogP contribution >= 0.6 is 0 Å². The van der Waals surface area contributed by atoms with Crippen LogP contribution in [0.2, 0.25) is 0 Å². The van der Waals surface area contributed by atoms with Crippen LogP contribution in [0.4, 0.5) is 0 Å². The van der Waals surface area contributed by atoms with Crippen molar-refractivity contribution in [3.63, 3.8) is 0 Å². The molecule has 0 saturated carbocycles. The molecular weight excluding hydrogens is 238 g/mol. The molecule has 0 fully saturated rings. The molecule has 0 amide bonds. The summed E-state index contributed by atoms with van der Waals surface area (Å²) in [5.74, 6) is 7.12. The van der Waals surface area contributed by atoms with Gasteiger partial charge in [0.2, 0.25) is 0 Å². The van der Waals surface area contributed by atoms with Crippen LogP contribution < -0.4 is 16.0 Å². The van der Waals surface area contributed by atoms with Crippen LogP contribution in [0.25, 0.3) is 0 Å². The molecule has 4 nitrogen and oxygen atoms in total. The number of ether oxygens (including phenoxy) is 1. The number of hydrazine groups is 1. The van der Waals surface area contributed by atoms with E-state index in [0.717, 1.165) is 11.3 Å². The van der Waals surface area contributed by atoms with E-state index in [0.29, 0.717) is 12.5 Å². The van der Waals surface area contributed by atoms with Gasteiger partial charge in [0, 0.05) is 6.20 Å². The summed E-state index contributed by atoms with van der Waals surface area (Å²) in [6.07, 6.45) is 8.30. The molecule has 0 aliphatic carbocycles. The molecule has 19 heavy (non-hydrogen) atoms. The molecule has 4 heteroatoms. The first-order valence-electron chi connectivity index (χ1n) is 7.30. The normalized spacial score (nSPS) is 12.7. The molecule has 0 aliphatic rings. The highest BCUT2D eigenvalue weighted by Gasteiger charge is 2.21. The van der Waals surface area contributed by atoms with E-state index in [-0.39, 0.29) is 6.04 Å².